The average Bonchev–Trinajstić information content (AvgIpc) is 2.61. The maximum Gasteiger partial charge on any atom is 0.216 e. The van der Waals surface area contributed by atoms with E-state index in [0.717, 1.165) is 0 Å². The second-order valence-corrected chi connectivity index (χ2v) is 10.6. The molecule has 0 saturated carbocycles. The molecule has 12 heteroatoms. The Bertz CT molecular complexity index is 671. The summed E-state index contributed by atoms with van der Waals surface area (Å²) in [6, 6.07) is 0. The minimum Gasteiger partial charge on any atom is -0.378 e. The van der Waals surface area contributed by atoms with E-state index in [9.17, 15) is 16.8 Å². The van der Waals surface area contributed by atoms with Crippen LogP contribution in [0.1, 0.15) is 20.8 Å². The summed E-state index contributed by atoms with van der Waals surface area (Å²) >= 11 is 0. The highest BCUT2D eigenvalue weighted by atomic mass is 32.2. The topological polar surface area (TPSA) is 120 Å². The Morgan fingerprint density at radius 3 is 2.26 bits per heavy atom. The summed E-state index contributed by atoms with van der Waals surface area (Å²) in [6.07, 6.45) is 0.00764. The van der Waals surface area contributed by atoms with Gasteiger partial charge in [-0.05, 0) is 20.8 Å². The Labute approximate surface area is 163 Å². The monoisotopic (exact) mass is 427 g/mol. The van der Waals surface area contributed by atoms with E-state index in [2.05, 4.69) is 15.0 Å². The van der Waals surface area contributed by atoms with Gasteiger partial charge in [0, 0.05) is 46.3 Å². The molecule has 10 nitrogen and oxygen atoms in total. The number of hydrogen-bond donors (Lipinski definition) is 2. The van der Waals surface area contributed by atoms with E-state index >= 15 is 0 Å². The molecule has 0 atom stereocenters. The third-order valence-corrected chi connectivity index (χ3v) is 7.28. The first-order chi connectivity index (χ1) is 12.6. The van der Waals surface area contributed by atoms with Gasteiger partial charge in [-0.15, -0.1) is 0 Å². The average molecular weight is 428 g/mol. The molecule has 0 amide bonds. The predicted octanol–water partition coefficient (Wildman–Crippen LogP) is -1.13. The van der Waals surface area contributed by atoms with Crippen LogP contribution in [0.25, 0.3) is 0 Å². The lowest BCUT2D eigenvalue weighted by molar-refractivity contribution is 0.0904. The number of aliphatic imine (C=N–C) groups is 1. The summed E-state index contributed by atoms with van der Waals surface area (Å²) in [5.74, 6) is 0.654. The molecule has 1 saturated heterocycles. The summed E-state index contributed by atoms with van der Waals surface area (Å²) in [5, 5.41) is 3.10. The SMILES string of the molecule is CCS(=O)(=O)NCCNC(=NC)N1CCN(S(=O)(=O)CCOC(C)C)CC1. The summed E-state index contributed by atoms with van der Waals surface area (Å²) in [4.78, 5) is 6.15. The van der Waals surface area contributed by atoms with Gasteiger partial charge in [0.2, 0.25) is 20.0 Å². The molecule has 1 aliphatic heterocycles. The van der Waals surface area contributed by atoms with Crippen LogP contribution in [0.5, 0.6) is 0 Å². The molecule has 2 N–H and O–H groups in total. The number of ether oxygens (including phenoxy) is 1. The smallest absolute Gasteiger partial charge is 0.216 e. The standard InChI is InChI=1S/C15H33N5O5S2/c1-5-26(21,22)18-7-6-17-15(16-4)19-8-10-20(11-9-19)27(23,24)13-12-25-14(2)3/h14,18H,5-13H2,1-4H3,(H,16,17). The Kier molecular flexibility index (Phi) is 9.95. The molecule has 160 valence electrons. The van der Waals surface area contributed by atoms with Gasteiger partial charge in [0.1, 0.15) is 0 Å². The van der Waals surface area contributed by atoms with E-state index in [-0.39, 0.29) is 30.8 Å². The van der Waals surface area contributed by atoms with Crippen molar-refractivity contribution in [2.24, 2.45) is 4.99 Å². The van der Waals surface area contributed by atoms with Crippen molar-refractivity contribution in [3.05, 3.63) is 0 Å². The van der Waals surface area contributed by atoms with Crippen LogP contribution < -0.4 is 10.0 Å². The molecule has 0 unspecified atom stereocenters. The summed E-state index contributed by atoms with van der Waals surface area (Å²) in [7, 11) is -4.90. The number of hydrogen-bond acceptors (Lipinski definition) is 6. The zero-order valence-corrected chi connectivity index (χ0v) is 18.3. The zero-order chi connectivity index (χ0) is 20.5. The lowest BCUT2D eigenvalue weighted by Crippen LogP contribution is -2.54. The third-order valence-electron chi connectivity index (χ3n) is 4.05. The van der Waals surface area contributed by atoms with Crippen molar-refractivity contribution >= 4 is 26.0 Å². The maximum atomic E-state index is 12.4. The number of sulfonamides is 2. The van der Waals surface area contributed by atoms with Gasteiger partial charge in [0.25, 0.3) is 0 Å². The van der Waals surface area contributed by atoms with Crippen molar-refractivity contribution in [2.45, 2.75) is 26.9 Å². The molecule has 0 spiro atoms. The van der Waals surface area contributed by atoms with E-state index in [1.54, 1.807) is 14.0 Å². The number of nitrogens with zero attached hydrogens (tertiary/aromatic N) is 3. The molecule has 1 heterocycles. The van der Waals surface area contributed by atoms with Gasteiger partial charge in [-0.1, -0.05) is 0 Å². The molecule has 0 aromatic carbocycles. The molecule has 0 aliphatic carbocycles. The molecular weight excluding hydrogens is 394 g/mol. The largest absolute Gasteiger partial charge is 0.378 e. The van der Waals surface area contributed by atoms with Crippen molar-refractivity contribution < 1.29 is 21.6 Å². The fourth-order valence-electron chi connectivity index (χ4n) is 2.51. The summed E-state index contributed by atoms with van der Waals surface area (Å²) < 4.78 is 56.8. The van der Waals surface area contributed by atoms with E-state index in [1.165, 1.54) is 4.31 Å². The Morgan fingerprint density at radius 2 is 1.74 bits per heavy atom. The number of piperazine rings is 1. The van der Waals surface area contributed by atoms with Crippen molar-refractivity contribution in [1.29, 1.82) is 0 Å². The predicted molar refractivity (Wildman–Crippen MR) is 107 cm³/mol. The number of nitrogens with one attached hydrogen (secondary N) is 2. The van der Waals surface area contributed by atoms with E-state index < -0.39 is 20.0 Å². The van der Waals surface area contributed by atoms with Crippen LogP contribution >= 0.6 is 0 Å². The molecule has 27 heavy (non-hydrogen) atoms. The lowest BCUT2D eigenvalue weighted by Gasteiger charge is -2.35. The Morgan fingerprint density at radius 1 is 1.11 bits per heavy atom. The molecule has 1 fully saturated rings. The van der Waals surface area contributed by atoms with Crippen molar-refractivity contribution in [3.63, 3.8) is 0 Å². The normalized spacial score (nSPS) is 17.5. The molecule has 1 aliphatic rings. The van der Waals surface area contributed by atoms with E-state index in [0.29, 0.717) is 38.7 Å². The van der Waals surface area contributed by atoms with Crippen LogP contribution in [0.3, 0.4) is 0 Å². The zero-order valence-electron chi connectivity index (χ0n) is 16.6. The quantitative estimate of drug-likeness (QED) is 0.257. The van der Waals surface area contributed by atoms with E-state index in [4.69, 9.17) is 4.74 Å². The highest BCUT2D eigenvalue weighted by molar-refractivity contribution is 7.89. The minimum atomic E-state index is -3.33. The van der Waals surface area contributed by atoms with Crippen molar-refractivity contribution in [3.8, 4) is 0 Å². The minimum absolute atomic E-state index is 0.00764. The van der Waals surface area contributed by atoms with Crippen LogP contribution in [-0.4, -0.2) is 103 Å². The van der Waals surface area contributed by atoms with Gasteiger partial charge in [-0.25, -0.2) is 21.6 Å². The van der Waals surface area contributed by atoms with Crippen molar-refractivity contribution in [2.75, 3.05) is 64.4 Å². The first kappa shape index (κ1) is 24.1. The fraction of sp³-hybridized carbons (Fsp3) is 0.933. The van der Waals surface area contributed by atoms with Crippen LogP contribution in [-0.2, 0) is 24.8 Å². The van der Waals surface area contributed by atoms with Gasteiger partial charge in [0.15, 0.2) is 5.96 Å². The number of rotatable bonds is 10. The van der Waals surface area contributed by atoms with Crippen LogP contribution in [0.15, 0.2) is 4.99 Å². The third kappa shape index (κ3) is 8.73. The van der Waals surface area contributed by atoms with Crippen LogP contribution in [0.2, 0.25) is 0 Å². The second kappa shape index (κ2) is 11.1. The second-order valence-electron chi connectivity index (χ2n) is 6.39. The summed E-state index contributed by atoms with van der Waals surface area (Å²) in [6.45, 7) is 7.98. The molecular formula is C15H33N5O5S2. The van der Waals surface area contributed by atoms with Crippen LogP contribution in [0.4, 0.5) is 0 Å². The van der Waals surface area contributed by atoms with Crippen LogP contribution in [0, 0.1) is 0 Å². The lowest BCUT2D eigenvalue weighted by atomic mass is 10.4. The Balaban J connectivity index is 2.43. The molecule has 0 aromatic rings. The first-order valence-corrected chi connectivity index (χ1v) is 12.4. The fourth-order valence-corrected chi connectivity index (χ4v) is 4.41. The van der Waals surface area contributed by atoms with Crippen molar-refractivity contribution in [1.82, 2.24) is 19.2 Å². The highest BCUT2D eigenvalue weighted by Crippen LogP contribution is 2.09. The summed E-state index contributed by atoms with van der Waals surface area (Å²) in [5.41, 5.74) is 0. The van der Waals surface area contributed by atoms with Gasteiger partial charge < -0.3 is 15.0 Å². The van der Waals surface area contributed by atoms with Gasteiger partial charge >= 0.3 is 0 Å². The molecule has 0 radical (unpaired) electrons. The Hall–Kier alpha value is -0.950. The van der Waals surface area contributed by atoms with Gasteiger partial charge in [-0.2, -0.15) is 4.31 Å². The van der Waals surface area contributed by atoms with Gasteiger partial charge in [-0.3, -0.25) is 4.99 Å². The first-order valence-electron chi connectivity index (χ1n) is 9.13. The van der Waals surface area contributed by atoms with Gasteiger partial charge in [0.05, 0.1) is 24.2 Å². The number of guanidine groups is 1. The maximum absolute atomic E-state index is 12.4. The molecule has 1 rings (SSSR count). The molecule has 0 bridgehead atoms. The molecule has 0 aromatic heterocycles. The highest BCUT2D eigenvalue weighted by Gasteiger charge is 2.27. The van der Waals surface area contributed by atoms with E-state index in [1.807, 2.05) is 18.7 Å².